The van der Waals surface area contributed by atoms with Crippen LogP contribution in [0.15, 0.2) is 84.9 Å². The molecule has 8 heteroatoms. The molecule has 0 bridgehead atoms. The van der Waals surface area contributed by atoms with E-state index in [2.05, 4.69) is 24.3 Å². The van der Waals surface area contributed by atoms with E-state index in [0.717, 1.165) is 5.56 Å². The van der Waals surface area contributed by atoms with Crippen LogP contribution in [-0.4, -0.2) is 5.97 Å². The number of ether oxygens (including phenoxy) is 1. The van der Waals surface area contributed by atoms with E-state index in [1.165, 1.54) is 21.3 Å². The number of carbonyl (C=O) groups excluding carboxylic acids is 1. The van der Waals surface area contributed by atoms with Crippen LogP contribution in [0.5, 0.6) is 5.75 Å². The summed E-state index contributed by atoms with van der Waals surface area (Å²) >= 11 is -1.62. The summed E-state index contributed by atoms with van der Waals surface area (Å²) in [5.41, 5.74) is 0.659. The minimum absolute atomic E-state index is 0.0698. The maximum atomic E-state index is 13.9. The summed E-state index contributed by atoms with van der Waals surface area (Å²) in [4.78, 5) is 12.2. The van der Waals surface area contributed by atoms with Gasteiger partial charge in [-0.15, -0.1) is 0 Å². The predicted molar refractivity (Wildman–Crippen MR) is 129 cm³/mol. The van der Waals surface area contributed by atoms with Gasteiger partial charge in [0, 0.05) is 0 Å². The van der Waals surface area contributed by atoms with E-state index in [4.69, 9.17) is 4.74 Å². The van der Waals surface area contributed by atoms with Crippen molar-refractivity contribution >= 4 is 25.8 Å². The van der Waals surface area contributed by atoms with Crippen molar-refractivity contribution in [3.8, 4) is 5.75 Å². The summed E-state index contributed by atoms with van der Waals surface area (Å²) in [5.74, 6) is -12.9. The fourth-order valence-electron chi connectivity index (χ4n) is 3.93. The third-order valence-corrected chi connectivity index (χ3v) is 12.7. The molecule has 1 aliphatic heterocycles. The van der Waals surface area contributed by atoms with Crippen molar-refractivity contribution in [2.75, 3.05) is 0 Å². The molecule has 1 fully saturated rings. The first-order chi connectivity index (χ1) is 16.9. The number of esters is 1. The Bertz CT molecular complexity index is 1320. The van der Waals surface area contributed by atoms with Crippen LogP contribution in [0, 0.1) is 32.7 Å². The van der Waals surface area contributed by atoms with E-state index >= 15 is 0 Å². The van der Waals surface area contributed by atoms with Crippen LogP contribution < -0.4 is 4.74 Å². The van der Waals surface area contributed by atoms with Crippen LogP contribution in [-0.2, 0) is 0 Å². The molecule has 0 radical (unpaired) electrons. The summed E-state index contributed by atoms with van der Waals surface area (Å²) < 4.78 is 75.0. The SMILES string of the molecule is O=C(Oc1ccc(C2C(c3ccccc3)I2c2ccccc2)cc1)c1c(F)c(F)c(F)c(F)c1F. The first-order valence-corrected chi connectivity index (χ1v) is 14.1. The Labute approximate surface area is 204 Å². The number of benzene rings is 4. The van der Waals surface area contributed by atoms with Gasteiger partial charge in [0.15, 0.2) is 0 Å². The zero-order valence-electron chi connectivity index (χ0n) is 17.8. The Morgan fingerprint density at radius 3 is 1.60 bits per heavy atom. The molecule has 0 aromatic heterocycles. The summed E-state index contributed by atoms with van der Waals surface area (Å²) in [6, 6.07) is 26.9. The van der Waals surface area contributed by atoms with Crippen molar-refractivity contribution in [3.63, 3.8) is 0 Å². The number of hydrogen-bond donors (Lipinski definition) is 0. The van der Waals surface area contributed by atoms with Crippen LogP contribution in [0.4, 0.5) is 22.0 Å². The Morgan fingerprint density at radius 2 is 1.06 bits per heavy atom. The molecule has 2 atom stereocenters. The van der Waals surface area contributed by atoms with Gasteiger partial charge < -0.3 is 0 Å². The molecule has 1 saturated heterocycles. The van der Waals surface area contributed by atoms with Crippen molar-refractivity contribution in [3.05, 3.63) is 134 Å². The van der Waals surface area contributed by atoms with Crippen molar-refractivity contribution < 1.29 is 31.5 Å². The number of halogens is 6. The Kier molecular flexibility index (Phi) is 6.31. The third kappa shape index (κ3) is 4.31. The van der Waals surface area contributed by atoms with E-state index in [1.54, 1.807) is 12.1 Å². The molecule has 0 spiro atoms. The van der Waals surface area contributed by atoms with Crippen LogP contribution in [0.3, 0.4) is 0 Å². The number of alkyl halides is 2. The molecule has 4 aromatic carbocycles. The first kappa shape index (κ1) is 23.5. The fourth-order valence-corrected chi connectivity index (χ4v) is 11.9. The molecule has 178 valence electrons. The van der Waals surface area contributed by atoms with Gasteiger partial charge in [0.1, 0.15) is 0 Å². The molecule has 0 saturated carbocycles. The van der Waals surface area contributed by atoms with E-state index in [0.29, 0.717) is 7.85 Å². The van der Waals surface area contributed by atoms with Crippen LogP contribution >= 0.6 is 19.8 Å². The van der Waals surface area contributed by atoms with Gasteiger partial charge >= 0.3 is 205 Å². The molecule has 35 heavy (non-hydrogen) atoms. The average Bonchev–Trinajstić information content (AvgIpc) is 3.64. The first-order valence-electron chi connectivity index (χ1n) is 10.5. The molecule has 4 aromatic rings. The molecule has 0 amide bonds. The Hall–Kier alpha value is -3.27. The van der Waals surface area contributed by atoms with E-state index < -0.39 is 60.4 Å². The van der Waals surface area contributed by atoms with Gasteiger partial charge in [-0.25, -0.2) is 0 Å². The third-order valence-electron chi connectivity index (χ3n) is 5.62. The zero-order chi connectivity index (χ0) is 24.7. The van der Waals surface area contributed by atoms with E-state index in [-0.39, 0.29) is 5.75 Å². The van der Waals surface area contributed by atoms with Crippen LogP contribution in [0.25, 0.3) is 0 Å². The number of carbonyl (C=O) groups is 1. The summed E-state index contributed by atoms with van der Waals surface area (Å²) in [7, 11) is 0. The molecule has 1 aliphatic rings. The van der Waals surface area contributed by atoms with E-state index in [1.807, 2.05) is 36.4 Å². The van der Waals surface area contributed by atoms with Crippen molar-refractivity contribution in [1.29, 1.82) is 0 Å². The number of hydrogen-bond acceptors (Lipinski definition) is 2. The van der Waals surface area contributed by atoms with Gasteiger partial charge in [-0.3, -0.25) is 0 Å². The summed E-state index contributed by atoms with van der Waals surface area (Å²) in [6.07, 6.45) is 0. The second-order valence-electron chi connectivity index (χ2n) is 7.76. The van der Waals surface area contributed by atoms with Gasteiger partial charge in [0.05, 0.1) is 0 Å². The normalized spacial score (nSPS) is 17.8. The molecule has 5 rings (SSSR count). The van der Waals surface area contributed by atoms with Crippen LogP contribution in [0.2, 0.25) is 0 Å². The minimum atomic E-state index is -2.34. The van der Waals surface area contributed by atoms with Crippen LogP contribution in [0.1, 0.15) is 29.3 Å². The molecule has 0 N–H and O–H groups in total. The van der Waals surface area contributed by atoms with E-state index in [9.17, 15) is 26.7 Å². The fraction of sp³-hybridized carbons (Fsp3) is 0.0741. The molecular formula is C27H16F5IO2. The van der Waals surface area contributed by atoms with Crippen molar-refractivity contribution in [1.82, 2.24) is 0 Å². The molecule has 1 heterocycles. The molecule has 2 unspecified atom stereocenters. The Balaban J connectivity index is 1.40. The molecule has 2 nitrogen and oxygen atoms in total. The number of rotatable bonds is 5. The topological polar surface area (TPSA) is 26.3 Å². The maximum absolute atomic E-state index is 13.9. The van der Waals surface area contributed by atoms with Gasteiger partial charge in [-0.2, -0.15) is 0 Å². The summed E-state index contributed by atoms with van der Waals surface area (Å²) in [5, 5.41) is 0. The Morgan fingerprint density at radius 1 is 0.600 bits per heavy atom. The van der Waals surface area contributed by atoms with Crippen molar-refractivity contribution in [2.24, 2.45) is 0 Å². The zero-order valence-corrected chi connectivity index (χ0v) is 20.0. The second-order valence-corrected chi connectivity index (χ2v) is 13.7. The molecular weight excluding hydrogens is 578 g/mol. The van der Waals surface area contributed by atoms with Gasteiger partial charge in [-0.1, -0.05) is 0 Å². The predicted octanol–water partition coefficient (Wildman–Crippen LogP) is 7.77. The van der Waals surface area contributed by atoms with Gasteiger partial charge in [-0.05, 0) is 0 Å². The molecule has 0 aliphatic carbocycles. The standard InChI is InChI=1S/C27H16F5IO2/c28-20-19(21(29)23(31)24(32)22(20)30)27(34)35-18-13-11-16(12-14-18)26-25(15-7-3-1-4-8-15)33(26)17-9-5-2-6-10-17/h1-14,25-26H. The quantitative estimate of drug-likeness (QED) is 0.0449. The van der Waals surface area contributed by atoms with Gasteiger partial charge in [0.2, 0.25) is 0 Å². The monoisotopic (exact) mass is 594 g/mol. The average molecular weight is 594 g/mol. The summed E-state index contributed by atoms with van der Waals surface area (Å²) in [6.45, 7) is 0. The van der Waals surface area contributed by atoms with Crippen molar-refractivity contribution in [2.45, 2.75) is 7.85 Å². The second kappa shape index (κ2) is 9.41. The van der Waals surface area contributed by atoms with Gasteiger partial charge in [0.25, 0.3) is 0 Å².